The molecule has 0 radical (unpaired) electrons. The van der Waals surface area contributed by atoms with Crippen LogP contribution >= 0.6 is 0 Å². The van der Waals surface area contributed by atoms with Gasteiger partial charge in [-0.05, 0) is 39.9 Å². The van der Waals surface area contributed by atoms with Crippen LogP contribution in [0, 0.1) is 11.8 Å². The normalized spacial score (nSPS) is 34.4. The fourth-order valence-corrected chi connectivity index (χ4v) is 3.45. The molecule has 1 aliphatic carbocycles. The predicted molar refractivity (Wildman–Crippen MR) is 70.0 cm³/mol. The number of ketones is 1. The lowest BCUT2D eigenvalue weighted by atomic mass is 9.73. The molecule has 2 unspecified atom stereocenters. The molecular formula is C14H26N2O. The van der Waals surface area contributed by atoms with Crippen molar-refractivity contribution in [3.05, 3.63) is 0 Å². The van der Waals surface area contributed by atoms with Crippen LogP contribution in [-0.2, 0) is 4.79 Å². The smallest absolute Gasteiger partial charge is 0.143 e. The van der Waals surface area contributed by atoms with Crippen molar-refractivity contribution in [3.8, 4) is 0 Å². The van der Waals surface area contributed by atoms with Gasteiger partial charge in [-0.2, -0.15) is 0 Å². The van der Waals surface area contributed by atoms with Gasteiger partial charge in [0.25, 0.3) is 0 Å². The van der Waals surface area contributed by atoms with E-state index in [2.05, 4.69) is 30.8 Å². The first-order valence-electron chi connectivity index (χ1n) is 7.06. The Bertz CT molecular complexity index is 277. The van der Waals surface area contributed by atoms with Crippen molar-refractivity contribution in [3.63, 3.8) is 0 Å². The van der Waals surface area contributed by atoms with E-state index in [1.54, 1.807) is 0 Å². The van der Waals surface area contributed by atoms with E-state index >= 15 is 0 Å². The van der Waals surface area contributed by atoms with Crippen LogP contribution in [-0.4, -0.2) is 55.4 Å². The summed E-state index contributed by atoms with van der Waals surface area (Å²) in [5.74, 6) is 1.15. The standard InChI is InChI=1S/C14H26N2O/c1-4-5-8-16-9-11-6-7-13(15(2)3)12(10-16)14(11)17/h11-13H,4-10H2,1-3H3/t11?,12?,13-/m0/s1. The average Bonchev–Trinajstić information content (AvgIpc) is 2.26. The molecule has 0 aromatic rings. The van der Waals surface area contributed by atoms with E-state index in [1.165, 1.54) is 25.8 Å². The van der Waals surface area contributed by atoms with Gasteiger partial charge in [0.05, 0.1) is 0 Å². The van der Waals surface area contributed by atoms with Crippen LogP contribution in [0.4, 0.5) is 0 Å². The summed E-state index contributed by atoms with van der Waals surface area (Å²) in [6.07, 6.45) is 4.81. The van der Waals surface area contributed by atoms with Gasteiger partial charge in [0.1, 0.15) is 5.78 Å². The Labute approximate surface area is 105 Å². The van der Waals surface area contributed by atoms with Crippen molar-refractivity contribution in [1.29, 1.82) is 0 Å². The zero-order valence-electron chi connectivity index (χ0n) is 11.5. The molecule has 3 atom stereocenters. The quantitative estimate of drug-likeness (QED) is 0.744. The zero-order chi connectivity index (χ0) is 12.4. The molecule has 2 aliphatic rings. The van der Waals surface area contributed by atoms with E-state index in [1.807, 2.05) is 0 Å². The van der Waals surface area contributed by atoms with Crippen LogP contribution in [0.2, 0.25) is 0 Å². The summed E-state index contributed by atoms with van der Waals surface area (Å²) in [4.78, 5) is 17.1. The molecule has 3 heteroatoms. The highest BCUT2D eigenvalue weighted by Gasteiger charge is 2.43. The Morgan fingerprint density at radius 1 is 1.29 bits per heavy atom. The number of rotatable bonds is 4. The van der Waals surface area contributed by atoms with E-state index in [-0.39, 0.29) is 5.92 Å². The highest BCUT2D eigenvalue weighted by Crippen LogP contribution is 2.33. The van der Waals surface area contributed by atoms with E-state index in [4.69, 9.17) is 0 Å². The number of piperidine rings is 1. The van der Waals surface area contributed by atoms with Crippen molar-refractivity contribution in [2.24, 2.45) is 11.8 Å². The monoisotopic (exact) mass is 238 g/mol. The summed E-state index contributed by atoms with van der Waals surface area (Å²) in [6.45, 7) is 5.43. The Kier molecular flexibility index (Phi) is 4.21. The molecule has 0 N–H and O–H groups in total. The molecule has 0 aromatic carbocycles. The lowest BCUT2D eigenvalue weighted by molar-refractivity contribution is -0.138. The lowest BCUT2D eigenvalue weighted by Gasteiger charge is -2.46. The predicted octanol–water partition coefficient (Wildman–Crippen LogP) is 1.63. The summed E-state index contributed by atoms with van der Waals surface area (Å²) in [5.41, 5.74) is 0. The lowest BCUT2D eigenvalue weighted by Crippen LogP contribution is -2.57. The maximum atomic E-state index is 12.3. The molecule has 2 rings (SSSR count). The molecular weight excluding hydrogens is 212 g/mol. The Balaban J connectivity index is 2.02. The Hall–Kier alpha value is -0.410. The first-order chi connectivity index (χ1) is 8.13. The van der Waals surface area contributed by atoms with Gasteiger partial charge in [-0.25, -0.2) is 0 Å². The Morgan fingerprint density at radius 3 is 2.71 bits per heavy atom. The SMILES string of the molecule is CCCCN1CC2CC[C@H](N(C)C)C(C1)C2=O. The minimum atomic E-state index is 0.273. The third-order valence-corrected chi connectivity index (χ3v) is 4.47. The molecule has 1 heterocycles. The molecule has 0 amide bonds. The molecule has 0 aromatic heterocycles. The van der Waals surface area contributed by atoms with Crippen LogP contribution in [0.25, 0.3) is 0 Å². The average molecular weight is 238 g/mol. The molecule has 0 spiro atoms. The zero-order valence-corrected chi connectivity index (χ0v) is 11.5. The second-order valence-corrected chi connectivity index (χ2v) is 5.93. The number of Topliss-reactive ketones (excluding diaryl/α,β-unsaturated/α-hetero) is 1. The first kappa shape index (κ1) is 13.0. The van der Waals surface area contributed by atoms with Gasteiger partial charge < -0.3 is 9.80 Å². The number of fused-ring (bicyclic) bond motifs is 2. The van der Waals surface area contributed by atoms with Gasteiger partial charge in [-0.15, -0.1) is 0 Å². The minimum absolute atomic E-state index is 0.273. The fraction of sp³-hybridized carbons (Fsp3) is 0.929. The highest BCUT2D eigenvalue weighted by atomic mass is 16.1. The van der Waals surface area contributed by atoms with Crippen molar-refractivity contribution < 1.29 is 4.79 Å². The first-order valence-corrected chi connectivity index (χ1v) is 7.06. The molecule has 1 saturated heterocycles. The van der Waals surface area contributed by atoms with Crippen molar-refractivity contribution in [2.75, 3.05) is 33.7 Å². The second kappa shape index (κ2) is 5.49. The topological polar surface area (TPSA) is 23.6 Å². The molecule has 2 fully saturated rings. The molecule has 98 valence electrons. The number of unbranched alkanes of at least 4 members (excludes halogenated alkanes) is 1. The van der Waals surface area contributed by atoms with E-state index < -0.39 is 0 Å². The molecule has 3 nitrogen and oxygen atoms in total. The fourth-order valence-electron chi connectivity index (χ4n) is 3.45. The number of carbonyl (C=O) groups excluding carboxylic acids is 1. The third kappa shape index (κ3) is 2.71. The second-order valence-electron chi connectivity index (χ2n) is 5.93. The number of nitrogens with zero attached hydrogens (tertiary/aromatic N) is 2. The van der Waals surface area contributed by atoms with Crippen LogP contribution in [0.15, 0.2) is 0 Å². The number of likely N-dealkylation sites (tertiary alicyclic amines) is 1. The van der Waals surface area contributed by atoms with Gasteiger partial charge in [-0.1, -0.05) is 13.3 Å². The molecule has 1 saturated carbocycles. The highest BCUT2D eigenvalue weighted by molar-refractivity contribution is 5.86. The molecule has 17 heavy (non-hydrogen) atoms. The van der Waals surface area contributed by atoms with Gasteiger partial charge in [0.2, 0.25) is 0 Å². The Morgan fingerprint density at radius 2 is 2.06 bits per heavy atom. The van der Waals surface area contributed by atoms with E-state index in [0.717, 1.165) is 19.5 Å². The summed E-state index contributed by atoms with van der Waals surface area (Å²) in [7, 11) is 4.23. The molecule has 2 bridgehead atoms. The van der Waals surface area contributed by atoms with Crippen molar-refractivity contribution in [2.45, 2.75) is 38.6 Å². The summed E-state index contributed by atoms with van der Waals surface area (Å²) in [5, 5.41) is 0. The van der Waals surface area contributed by atoms with Crippen LogP contribution < -0.4 is 0 Å². The number of carbonyl (C=O) groups is 1. The minimum Gasteiger partial charge on any atom is -0.306 e. The largest absolute Gasteiger partial charge is 0.306 e. The number of hydrogen-bond acceptors (Lipinski definition) is 3. The van der Waals surface area contributed by atoms with E-state index in [0.29, 0.717) is 17.7 Å². The summed E-state index contributed by atoms with van der Waals surface area (Å²) >= 11 is 0. The van der Waals surface area contributed by atoms with E-state index in [9.17, 15) is 4.79 Å². The summed E-state index contributed by atoms with van der Waals surface area (Å²) < 4.78 is 0. The van der Waals surface area contributed by atoms with Gasteiger partial charge >= 0.3 is 0 Å². The van der Waals surface area contributed by atoms with Gasteiger partial charge in [0.15, 0.2) is 0 Å². The van der Waals surface area contributed by atoms with Gasteiger partial charge in [0, 0.05) is 31.0 Å². The molecule has 1 aliphatic heterocycles. The van der Waals surface area contributed by atoms with Crippen LogP contribution in [0.1, 0.15) is 32.6 Å². The maximum Gasteiger partial charge on any atom is 0.143 e. The van der Waals surface area contributed by atoms with Crippen molar-refractivity contribution in [1.82, 2.24) is 9.80 Å². The third-order valence-electron chi connectivity index (χ3n) is 4.47. The van der Waals surface area contributed by atoms with Crippen LogP contribution in [0.5, 0.6) is 0 Å². The summed E-state index contributed by atoms with van der Waals surface area (Å²) in [6, 6.07) is 0.475. The van der Waals surface area contributed by atoms with Gasteiger partial charge in [-0.3, -0.25) is 4.79 Å². The van der Waals surface area contributed by atoms with Crippen molar-refractivity contribution >= 4 is 5.78 Å². The maximum absolute atomic E-state index is 12.3. The van der Waals surface area contributed by atoms with Crippen LogP contribution in [0.3, 0.4) is 0 Å². The number of hydrogen-bond donors (Lipinski definition) is 0.